The minimum atomic E-state index is 1.14. The van der Waals surface area contributed by atoms with Crippen molar-refractivity contribution in [2.24, 2.45) is 0 Å². The van der Waals surface area contributed by atoms with E-state index in [-0.39, 0.29) is 0 Å². The molecule has 0 unspecified atom stereocenters. The van der Waals surface area contributed by atoms with E-state index in [0.717, 1.165) is 11.3 Å². The molecular weight excluding hydrogens is 128 g/mol. The minimum Gasteiger partial charge on any atom is -0.104 e. The van der Waals surface area contributed by atoms with E-state index in [1.54, 1.807) is 11.8 Å². The molecule has 0 bridgehead atoms. The van der Waals surface area contributed by atoms with Gasteiger partial charge in [0.2, 0.25) is 0 Å². The van der Waals surface area contributed by atoms with Gasteiger partial charge >= 0.3 is 0 Å². The Morgan fingerprint density at radius 1 is 1.56 bits per heavy atom. The fraction of sp³-hybridized carbons (Fsp3) is 0.500. The van der Waals surface area contributed by atoms with E-state index in [4.69, 9.17) is 0 Å². The van der Waals surface area contributed by atoms with Gasteiger partial charge in [0, 0.05) is 0 Å². The summed E-state index contributed by atoms with van der Waals surface area (Å²) in [5, 5.41) is 2.16. The van der Waals surface area contributed by atoms with Crippen LogP contribution in [0, 0.1) is 0 Å². The number of allylic oxidation sites excluding steroid dienone is 2. The molecule has 0 aromatic heterocycles. The standard InChI is InChI=1S/C8H14S/c1-5-8(4)6-9-7(2)3/h6H,2,5H2,1,3-4H3/b8-6-. The maximum atomic E-state index is 3.78. The van der Waals surface area contributed by atoms with Crippen LogP contribution in [0.3, 0.4) is 0 Å². The summed E-state index contributed by atoms with van der Waals surface area (Å²) in [4.78, 5) is 1.16. The van der Waals surface area contributed by atoms with Crippen LogP contribution in [0.1, 0.15) is 27.2 Å². The molecule has 0 aliphatic carbocycles. The smallest absolute Gasteiger partial charge is 0.0211 e. The van der Waals surface area contributed by atoms with Gasteiger partial charge in [0.25, 0.3) is 0 Å². The molecule has 0 saturated heterocycles. The van der Waals surface area contributed by atoms with Gasteiger partial charge in [-0.25, -0.2) is 0 Å². The predicted molar refractivity (Wildman–Crippen MR) is 46.5 cm³/mol. The van der Waals surface area contributed by atoms with Crippen molar-refractivity contribution in [1.82, 2.24) is 0 Å². The highest BCUT2D eigenvalue weighted by Crippen LogP contribution is 2.16. The lowest BCUT2D eigenvalue weighted by molar-refractivity contribution is 1.11. The zero-order chi connectivity index (χ0) is 7.28. The van der Waals surface area contributed by atoms with E-state index in [2.05, 4.69) is 25.8 Å². The molecule has 1 heteroatoms. The van der Waals surface area contributed by atoms with Crippen molar-refractivity contribution in [3.63, 3.8) is 0 Å². The summed E-state index contributed by atoms with van der Waals surface area (Å²) >= 11 is 1.71. The lowest BCUT2D eigenvalue weighted by atomic mass is 10.3. The van der Waals surface area contributed by atoms with Crippen LogP contribution >= 0.6 is 11.8 Å². The van der Waals surface area contributed by atoms with E-state index < -0.39 is 0 Å². The summed E-state index contributed by atoms with van der Waals surface area (Å²) in [6.07, 6.45) is 1.14. The number of thioether (sulfide) groups is 1. The molecule has 9 heavy (non-hydrogen) atoms. The van der Waals surface area contributed by atoms with Crippen LogP contribution in [0.15, 0.2) is 22.5 Å². The minimum absolute atomic E-state index is 1.14. The Morgan fingerprint density at radius 3 is 2.44 bits per heavy atom. The third-order valence-corrected chi connectivity index (χ3v) is 1.94. The predicted octanol–water partition coefficient (Wildman–Crippen LogP) is 3.57. The van der Waals surface area contributed by atoms with Crippen LogP contribution in [-0.4, -0.2) is 0 Å². The molecule has 0 amide bonds. The Kier molecular flexibility index (Phi) is 4.60. The van der Waals surface area contributed by atoms with Gasteiger partial charge in [0.15, 0.2) is 0 Å². The van der Waals surface area contributed by atoms with Crippen molar-refractivity contribution < 1.29 is 0 Å². The highest BCUT2D eigenvalue weighted by Gasteiger charge is 1.83. The Balaban J connectivity index is 3.56. The first-order valence-electron chi connectivity index (χ1n) is 3.14. The topological polar surface area (TPSA) is 0 Å². The van der Waals surface area contributed by atoms with Crippen LogP contribution < -0.4 is 0 Å². The van der Waals surface area contributed by atoms with Crippen molar-refractivity contribution in [1.29, 1.82) is 0 Å². The summed E-state index contributed by atoms with van der Waals surface area (Å²) in [5.41, 5.74) is 1.42. The summed E-state index contributed by atoms with van der Waals surface area (Å²) in [6.45, 7) is 10.1. The van der Waals surface area contributed by atoms with Gasteiger partial charge in [-0.1, -0.05) is 19.1 Å². The van der Waals surface area contributed by atoms with E-state index in [0.29, 0.717) is 0 Å². The first kappa shape index (κ1) is 8.83. The van der Waals surface area contributed by atoms with Crippen LogP contribution in [-0.2, 0) is 0 Å². The van der Waals surface area contributed by atoms with Gasteiger partial charge in [-0.2, -0.15) is 0 Å². The fourth-order valence-corrected chi connectivity index (χ4v) is 0.854. The average molecular weight is 142 g/mol. The van der Waals surface area contributed by atoms with Gasteiger partial charge in [0.1, 0.15) is 0 Å². The summed E-state index contributed by atoms with van der Waals surface area (Å²) < 4.78 is 0. The Bertz CT molecular complexity index is 123. The highest BCUT2D eigenvalue weighted by molar-refractivity contribution is 8.05. The Labute approximate surface area is 62.0 Å². The Morgan fingerprint density at radius 2 is 2.11 bits per heavy atom. The third kappa shape index (κ3) is 5.71. The zero-order valence-corrected chi connectivity index (χ0v) is 7.22. The highest BCUT2D eigenvalue weighted by atomic mass is 32.2. The first-order chi connectivity index (χ1) is 4.16. The molecule has 0 aromatic carbocycles. The van der Waals surface area contributed by atoms with Crippen molar-refractivity contribution in [2.75, 3.05) is 0 Å². The lowest BCUT2D eigenvalue weighted by Crippen LogP contribution is -1.66. The molecule has 0 heterocycles. The molecule has 0 N–H and O–H groups in total. The molecule has 52 valence electrons. The molecule has 0 aliphatic rings. The van der Waals surface area contributed by atoms with Gasteiger partial charge in [0.05, 0.1) is 0 Å². The van der Waals surface area contributed by atoms with Crippen LogP contribution in [0.5, 0.6) is 0 Å². The Hall–Kier alpha value is -0.170. The first-order valence-corrected chi connectivity index (χ1v) is 4.02. The fourth-order valence-electron chi connectivity index (χ4n) is 0.285. The second kappa shape index (κ2) is 4.68. The molecule has 0 fully saturated rings. The third-order valence-electron chi connectivity index (χ3n) is 1.02. The summed E-state index contributed by atoms with van der Waals surface area (Å²) in [5.74, 6) is 0. The maximum Gasteiger partial charge on any atom is -0.0211 e. The van der Waals surface area contributed by atoms with Gasteiger partial charge in [-0.05, 0) is 30.6 Å². The van der Waals surface area contributed by atoms with Crippen LogP contribution in [0.4, 0.5) is 0 Å². The summed E-state index contributed by atoms with van der Waals surface area (Å²) in [7, 11) is 0. The second-order valence-electron chi connectivity index (χ2n) is 2.14. The van der Waals surface area contributed by atoms with Crippen molar-refractivity contribution >= 4 is 11.8 Å². The molecule has 0 rings (SSSR count). The molecule has 0 aromatic rings. The number of rotatable bonds is 3. The molecule has 0 aliphatic heterocycles. The molecular formula is C8H14S. The quantitative estimate of drug-likeness (QED) is 0.580. The number of hydrogen-bond acceptors (Lipinski definition) is 1. The van der Waals surface area contributed by atoms with E-state index in [9.17, 15) is 0 Å². The van der Waals surface area contributed by atoms with Crippen molar-refractivity contribution in [3.8, 4) is 0 Å². The largest absolute Gasteiger partial charge is 0.104 e. The lowest BCUT2D eigenvalue weighted by Gasteiger charge is -1.93. The van der Waals surface area contributed by atoms with Gasteiger partial charge in [-0.15, -0.1) is 11.8 Å². The SMILES string of the molecule is C=C(C)S/C=C(/C)CC. The molecule has 0 radical (unpaired) electrons. The second-order valence-corrected chi connectivity index (χ2v) is 3.31. The summed E-state index contributed by atoms with van der Waals surface area (Å²) in [6, 6.07) is 0. The van der Waals surface area contributed by atoms with E-state index in [1.165, 1.54) is 5.57 Å². The van der Waals surface area contributed by atoms with E-state index >= 15 is 0 Å². The zero-order valence-electron chi connectivity index (χ0n) is 6.40. The normalized spacial score (nSPS) is 11.7. The number of hydrogen-bond donors (Lipinski definition) is 0. The van der Waals surface area contributed by atoms with Crippen molar-refractivity contribution in [2.45, 2.75) is 27.2 Å². The molecule has 0 saturated carbocycles. The van der Waals surface area contributed by atoms with Gasteiger partial charge in [-0.3, -0.25) is 0 Å². The average Bonchev–Trinajstić information content (AvgIpc) is 1.83. The molecule has 0 atom stereocenters. The van der Waals surface area contributed by atoms with E-state index in [1.807, 2.05) is 6.92 Å². The molecule has 0 spiro atoms. The monoisotopic (exact) mass is 142 g/mol. The van der Waals surface area contributed by atoms with Gasteiger partial charge < -0.3 is 0 Å². The van der Waals surface area contributed by atoms with Crippen LogP contribution in [0.2, 0.25) is 0 Å². The van der Waals surface area contributed by atoms with Crippen LogP contribution in [0.25, 0.3) is 0 Å². The van der Waals surface area contributed by atoms with Crippen molar-refractivity contribution in [3.05, 3.63) is 22.5 Å². The maximum absolute atomic E-state index is 3.78. The molecule has 0 nitrogen and oxygen atoms in total.